The summed E-state index contributed by atoms with van der Waals surface area (Å²) < 4.78 is 5.33. The number of hydrazone groups is 1. The van der Waals surface area contributed by atoms with Crippen LogP contribution in [-0.4, -0.2) is 18.2 Å². The van der Waals surface area contributed by atoms with E-state index in [9.17, 15) is 4.79 Å². The maximum absolute atomic E-state index is 12.1. The minimum atomic E-state index is -0.299. The number of halogens is 2. The van der Waals surface area contributed by atoms with E-state index in [0.717, 1.165) is 11.3 Å². The normalized spacial score (nSPS) is 11.2. The van der Waals surface area contributed by atoms with Gasteiger partial charge >= 0.3 is 0 Å². The van der Waals surface area contributed by atoms with Crippen LogP contribution in [0.25, 0.3) is 0 Å². The van der Waals surface area contributed by atoms with Crippen LogP contribution in [-0.2, 0) is 0 Å². The van der Waals surface area contributed by atoms with Crippen LogP contribution < -0.4 is 10.2 Å². The fourth-order valence-electron chi connectivity index (χ4n) is 1.85. The molecule has 0 saturated carbocycles. The molecule has 4 nitrogen and oxygen atoms in total. The first-order valence-corrected chi connectivity index (χ1v) is 7.79. The molecule has 1 amide bonds. The van der Waals surface area contributed by atoms with Crippen LogP contribution in [0.2, 0.25) is 10.0 Å². The predicted molar refractivity (Wildman–Crippen MR) is 93.8 cm³/mol. The van der Waals surface area contributed by atoms with Gasteiger partial charge in [0.1, 0.15) is 5.75 Å². The van der Waals surface area contributed by atoms with Crippen molar-refractivity contribution < 1.29 is 9.53 Å². The van der Waals surface area contributed by atoms with Crippen LogP contribution in [0.3, 0.4) is 0 Å². The standard InChI is InChI=1S/C17H16Cl2N2O2/c1-3-23-14-7-4-12(5-8-14)17(22)21-20-11(2)13-6-9-15(18)16(19)10-13/h4-10H,3H2,1-2H3,(H,21,22). The fraction of sp³-hybridized carbons (Fsp3) is 0.176. The van der Waals surface area contributed by atoms with Crippen LogP contribution in [0, 0.1) is 0 Å². The molecule has 2 rings (SSSR count). The number of carbonyl (C=O) groups is 1. The van der Waals surface area contributed by atoms with Gasteiger partial charge in [-0.2, -0.15) is 5.10 Å². The Morgan fingerprint density at radius 3 is 2.35 bits per heavy atom. The number of hydrogen-bond donors (Lipinski definition) is 1. The van der Waals surface area contributed by atoms with E-state index in [1.165, 1.54) is 0 Å². The molecule has 0 radical (unpaired) electrons. The molecule has 0 aliphatic heterocycles. The van der Waals surface area contributed by atoms with Gasteiger partial charge < -0.3 is 4.74 Å². The molecular weight excluding hydrogens is 335 g/mol. The van der Waals surface area contributed by atoms with Gasteiger partial charge in [-0.25, -0.2) is 5.43 Å². The number of rotatable bonds is 5. The molecule has 1 N–H and O–H groups in total. The van der Waals surface area contributed by atoms with E-state index in [2.05, 4.69) is 10.5 Å². The Kier molecular flexibility index (Phi) is 6.02. The number of ether oxygens (including phenoxy) is 1. The van der Waals surface area contributed by atoms with Gasteiger partial charge in [0.15, 0.2) is 0 Å². The Morgan fingerprint density at radius 1 is 1.09 bits per heavy atom. The van der Waals surface area contributed by atoms with Crippen molar-refractivity contribution in [1.82, 2.24) is 5.43 Å². The van der Waals surface area contributed by atoms with Crippen LogP contribution in [0.15, 0.2) is 47.6 Å². The van der Waals surface area contributed by atoms with Crippen molar-refractivity contribution in [2.24, 2.45) is 5.10 Å². The Morgan fingerprint density at radius 2 is 1.74 bits per heavy atom. The van der Waals surface area contributed by atoms with Crippen LogP contribution in [0.1, 0.15) is 29.8 Å². The topological polar surface area (TPSA) is 50.7 Å². The first kappa shape index (κ1) is 17.3. The number of hydrogen-bond acceptors (Lipinski definition) is 3. The highest BCUT2D eigenvalue weighted by Crippen LogP contribution is 2.22. The second-order valence-electron chi connectivity index (χ2n) is 4.72. The third kappa shape index (κ3) is 4.71. The Labute approximate surface area is 145 Å². The van der Waals surface area contributed by atoms with Crippen LogP contribution in [0.5, 0.6) is 5.75 Å². The van der Waals surface area contributed by atoms with Crippen molar-refractivity contribution in [3.63, 3.8) is 0 Å². The molecule has 2 aromatic rings. The highest BCUT2D eigenvalue weighted by molar-refractivity contribution is 6.42. The van der Waals surface area contributed by atoms with Crippen molar-refractivity contribution in [3.05, 3.63) is 63.6 Å². The molecule has 0 aliphatic rings. The van der Waals surface area contributed by atoms with Gasteiger partial charge in [0.05, 0.1) is 22.4 Å². The third-order valence-corrected chi connectivity index (χ3v) is 3.83. The molecule has 120 valence electrons. The lowest BCUT2D eigenvalue weighted by atomic mass is 10.1. The van der Waals surface area contributed by atoms with Gasteiger partial charge in [0.25, 0.3) is 5.91 Å². The average Bonchev–Trinajstić information content (AvgIpc) is 2.56. The zero-order valence-electron chi connectivity index (χ0n) is 12.8. The molecule has 0 heterocycles. The second kappa shape index (κ2) is 7.99. The van der Waals surface area contributed by atoms with Crippen molar-refractivity contribution in [2.45, 2.75) is 13.8 Å². The van der Waals surface area contributed by atoms with Crippen LogP contribution >= 0.6 is 23.2 Å². The van der Waals surface area contributed by atoms with Gasteiger partial charge in [0.2, 0.25) is 0 Å². The summed E-state index contributed by atoms with van der Waals surface area (Å²) in [5.41, 5.74) is 4.43. The SMILES string of the molecule is CCOc1ccc(C(=O)NN=C(C)c2ccc(Cl)c(Cl)c2)cc1. The lowest BCUT2D eigenvalue weighted by Gasteiger charge is -2.06. The summed E-state index contributed by atoms with van der Waals surface area (Å²) in [6.45, 7) is 4.26. The van der Waals surface area contributed by atoms with Gasteiger partial charge in [-0.15, -0.1) is 0 Å². The summed E-state index contributed by atoms with van der Waals surface area (Å²) in [5.74, 6) is 0.423. The van der Waals surface area contributed by atoms with E-state index in [0.29, 0.717) is 27.9 Å². The summed E-state index contributed by atoms with van der Waals surface area (Å²) in [6.07, 6.45) is 0. The number of amides is 1. The summed E-state index contributed by atoms with van der Waals surface area (Å²) in [7, 11) is 0. The predicted octanol–water partition coefficient (Wildman–Crippen LogP) is 4.55. The average molecular weight is 351 g/mol. The van der Waals surface area contributed by atoms with E-state index in [-0.39, 0.29) is 5.91 Å². The van der Waals surface area contributed by atoms with Gasteiger partial charge in [-0.1, -0.05) is 29.3 Å². The van der Waals surface area contributed by atoms with Crippen molar-refractivity contribution >= 4 is 34.8 Å². The van der Waals surface area contributed by atoms with Gasteiger partial charge in [0, 0.05) is 5.56 Å². The van der Waals surface area contributed by atoms with E-state index in [1.807, 2.05) is 6.92 Å². The maximum Gasteiger partial charge on any atom is 0.271 e. The molecule has 23 heavy (non-hydrogen) atoms. The minimum Gasteiger partial charge on any atom is -0.494 e. The van der Waals surface area contributed by atoms with E-state index in [4.69, 9.17) is 27.9 Å². The lowest BCUT2D eigenvalue weighted by molar-refractivity contribution is 0.0955. The quantitative estimate of drug-likeness (QED) is 0.635. The summed E-state index contributed by atoms with van der Waals surface area (Å²) in [6, 6.07) is 12.0. The Bertz CT molecular complexity index is 728. The van der Waals surface area contributed by atoms with Gasteiger partial charge in [-0.3, -0.25) is 4.79 Å². The highest BCUT2D eigenvalue weighted by atomic mass is 35.5. The zero-order chi connectivity index (χ0) is 16.8. The number of nitrogens with zero attached hydrogens (tertiary/aromatic N) is 1. The van der Waals surface area contributed by atoms with E-state index >= 15 is 0 Å². The van der Waals surface area contributed by atoms with Crippen molar-refractivity contribution in [3.8, 4) is 5.75 Å². The molecule has 2 aromatic carbocycles. The second-order valence-corrected chi connectivity index (χ2v) is 5.54. The molecule has 0 unspecified atom stereocenters. The van der Waals surface area contributed by atoms with E-state index < -0.39 is 0 Å². The number of nitrogens with one attached hydrogen (secondary N) is 1. The molecule has 0 fully saturated rings. The first-order chi connectivity index (χ1) is 11.0. The molecule has 0 aromatic heterocycles. The molecule has 0 bridgehead atoms. The Balaban J connectivity index is 2.05. The monoisotopic (exact) mass is 350 g/mol. The summed E-state index contributed by atoms with van der Waals surface area (Å²) in [5, 5.41) is 5.00. The molecule has 0 aliphatic carbocycles. The molecule has 6 heteroatoms. The number of carbonyl (C=O) groups excluding carboxylic acids is 1. The molecule has 0 spiro atoms. The molecule has 0 saturated heterocycles. The minimum absolute atomic E-state index is 0.299. The molecular formula is C17H16Cl2N2O2. The third-order valence-electron chi connectivity index (χ3n) is 3.09. The first-order valence-electron chi connectivity index (χ1n) is 7.04. The van der Waals surface area contributed by atoms with Crippen LogP contribution in [0.4, 0.5) is 0 Å². The lowest BCUT2D eigenvalue weighted by Crippen LogP contribution is -2.19. The maximum atomic E-state index is 12.1. The summed E-state index contributed by atoms with van der Waals surface area (Å²) in [4.78, 5) is 12.1. The number of benzene rings is 2. The highest BCUT2D eigenvalue weighted by Gasteiger charge is 2.06. The zero-order valence-corrected chi connectivity index (χ0v) is 14.3. The largest absolute Gasteiger partial charge is 0.494 e. The smallest absolute Gasteiger partial charge is 0.271 e. The van der Waals surface area contributed by atoms with Crippen molar-refractivity contribution in [1.29, 1.82) is 0 Å². The Hall–Kier alpha value is -2.04. The fourth-order valence-corrected chi connectivity index (χ4v) is 2.15. The van der Waals surface area contributed by atoms with Gasteiger partial charge in [-0.05, 0) is 55.8 Å². The summed E-state index contributed by atoms with van der Waals surface area (Å²) >= 11 is 11.8. The van der Waals surface area contributed by atoms with Crippen molar-refractivity contribution in [2.75, 3.05) is 6.61 Å². The van der Waals surface area contributed by atoms with E-state index in [1.54, 1.807) is 49.4 Å². The molecule has 0 atom stereocenters.